The first-order chi connectivity index (χ1) is 16.8. The zero-order chi connectivity index (χ0) is 26.7. The Kier molecular flexibility index (Phi) is 8.59. The van der Waals surface area contributed by atoms with Crippen molar-refractivity contribution in [2.75, 3.05) is 19.8 Å². The molecule has 6 nitrogen and oxygen atoms in total. The molecule has 198 valence electrons. The van der Waals surface area contributed by atoms with Crippen molar-refractivity contribution in [1.82, 2.24) is 9.88 Å². The number of nitrogens with zero attached hydrogens (tertiary/aromatic N) is 1. The largest absolute Gasteiger partial charge is 0.457 e. The molecule has 1 unspecified atom stereocenters. The third-order valence-electron chi connectivity index (χ3n) is 6.56. The topological polar surface area (TPSA) is 69.6 Å². The number of aromatic nitrogens is 1. The molecule has 2 aliphatic rings. The second-order valence-corrected chi connectivity index (χ2v) is 10.6. The molecule has 8 heteroatoms. The molecule has 0 bridgehead atoms. The summed E-state index contributed by atoms with van der Waals surface area (Å²) in [6.07, 6.45) is 7.66. The second kappa shape index (κ2) is 11.1. The molecule has 0 aliphatic heterocycles. The first-order valence-corrected chi connectivity index (χ1v) is 12.6. The zero-order valence-corrected chi connectivity index (χ0v) is 22.0. The molecule has 2 aliphatic carbocycles. The zero-order valence-electron chi connectivity index (χ0n) is 22.0. The minimum atomic E-state index is -2.84. The van der Waals surface area contributed by atoms with Crippen molar-refractivity contribution < 1.29 is 27.8 Å². The van der Waals surface area contributed by atoms with Crippen LogP contribution in [0.3, 0.4) is 0 Å². The van der Waals surface area contributed by atoms with Crippen LogP contribution < -0.4 is 15.9 Å². The van der Waals surface area contributed by atoms with E-state index in [0.717, 1.165) is 40.2 Å². The summed E-state index contributed by atoms with van der Waals surface area (Å²) in [5.41, 5.74) is 2.70. The molecule has 1 aromatic rings. The summed E-state index contributed by atoms with van der Waals surface area (Å²) in [6, 6.07) is 0. The molecule has 1 amide bonds. The lowest BCUT2D eigenvalue weighted by atomic mass is 9.94. The average molecular weight is 505 g/mol. The van der Waals surface area contributed by atoms with Gasteiger partial charge in [0.1, 0.15) is 12.2 Å². The Morgan fingerprint density at radius 2 is 1.97 bits per heavy atom. The number of amides is 1. The highest BCUT2D eigenvalue weighted by Gasteiger charge is 2.28. The highest BCUT2D eigenvalue weighted by Crippen LogP contribution is 2.29. The molecule has 1 heterocycles. The molecular formula is C28H38F2N2O4. The number of esters is 1. The van der Waals surface area contributed by atoms with E-state index in [1.54, 1.807) is 0 Å². The van der Waals surface area contributed by atoms with E-state index in [0.29, 0.717) is 18.4 Å². The number of allylic oxidation sites excluding steroid dienone is 2. The van der Waals surface area contributed by atoms with Gasteiger partial charge in [0.15, 0.2) is 0 Å². The maximum absolute atomic E-state index is 13.2. The standard InChI is InChI=1S/C28H38F2N2O4/c1-7-28(29,30)17-35-13-12-31-25(33)22-10-11-23-19(3)32(16-24(23)18(22)2)15-20-8-9-21(14-20)26(34)36-27(4,5)6/h9,11,16,20H,3,7-8,10,12-15,17H2,1-2,4-6H3,(H,31,33). The molecule has 1 N–H and O–H groups in total. The van der Waals surface area contributed by atoms with Crippen molar-refractivity contribution >= 4 is 30.1 Å². The number of carbonyl (C=O) groups excluding carboxylic acids is 2. The third kappa shape index (κ3) is 6.93. The Hall–Kier alpha value is -2.74. The Balaban J connectivity index is 1.60. The maximum atomic E-state index is 13.2. The number of nitrogens with one attached hydrogen (secondary N) is 1. The number of alkyl halides is 2. The number of rotatable bonds is 10. The summed E-state index contributed by atoms with van der Waals surface area (Å²) in [6.45, 7) is 13.4. The Labute approximate surface area is 211 Å². The number of fused-ring (bicyclic) bond motifs is 1. The molecule has 0 saturated carbocycles. The fourth-order valence-electron chi connectivity index (χ4n) is 4.47. The van der Waals surface area contributed by atoms with Gasteiger partial charge in [-0.1, -0.05) is 25.7 Å². The van der Waals surface area contributed by atoms with Gasteiger partial charge < -0.3 is 19.4 Å². The number of halogens is 2. The number of hydrogen-bond donors (Lipinski definition) is 1. The molecule has 0 spiro atoms. The second-order valence-electron chi connectivity index (χ2n) is 10.6. The van der Waals surface area contributed by atoms with Crippen LogP contribution in [-0.2, 0) is 25.6 Å². The fourth-order valence-corrected chi connectivity index (χ4v) is 4.47. The summed E-state index contributed by atoms with van der Waals surface area (Å²) < 4.78 is 39.1. The highest BCUT2D eigenvalue weighted by molar-refractivity contribution is 6.02. The van der Waals surface area contributed by atoms with E-state index >= 15 is 0 Å². The molecule has 36 heavy (non-hydrogen) atoms. The quantitative estimate of drug-likeness (QED) is 0.390. The summed E-state index contributed by atoms with van der Waals surface area (Å²) in [5.74, 6) is -3.04. The molecule has 0 aromatic carbocycles. The van der Waals surface area contributed by atoms with Crippen molar-refractivity contribution in [3.63, 3.8) is 0 Å². The van der Waals surface area contributed by atoms with Crippen LogP contribution in [0.1, 0.15) is 65.9 Å². The van der Waals surface area contributed by atoms with Crippen LogP contribution in [0.5, 0.6) is 0 Å². The normalized spacial score (nSPS) is 18.0. The van der Waals surface area contributed by atoms with Gasteiger partial charge in [0.05, 0.1) is 6.61 Å². The van der Waals surface area contributed by atoms with Crippen LogP contribution in [-0.4, -0.2) is 47.7 Å². The van der Waals surface area contributed by atoms with Gasteiger partial charge in [0, 0.05) is 53.0 Å². The number of carbonyl (C=O) groups is 2. The van der Waals surface area contributed by atoms with E-state index in [1.165, 1.54) is 6.92 Å². The van der Waals surface area contributed by atoms with E-state index in [2.05, 4.69) is 16.5 Å². The number of hydrogen-bond acceptors (Lipinski definition) is 4. The molecule has 0 fully saturated rings. The van der Waals surface area contributed by atoms with E-state index in [1.807, 2.05) is 46.0 Å². The fraction of sp³-hybridized carbons (Fsp3) is 0.571. The summed E-state index contributed by atoms with van der Waals surface area (Å²) in [4.78, 5) is 25.1. The summed E-state index contributed by atoms with van der Waals surface area (Å²) in [5, 5.41) is 4.68. The average Bonchev–Trinajstić information content (AvgIpc) is 3.38. The molecule has 0 saturated heterocycles. The van der Waals surface area contributed by atoms with Crippen LogP contribution in [0.4, 0.5) is 8.78 Å². The van der Waals surface area contributed by atoms with E-state index in [9.17, 15) is 18.4 Å². The van der Waals surface area contributed by atoms with Gasteiger partial charge in [-0.25, -0.2) is 13.6 Å². The van der Waals surface area contributed by atoms with Gasteiger partial charge in [-0.2, -0.15) is 0 Å². The van der Waals surface area contributed by atoms with Crippen molar-refractivity contribution in [1.29, 1.82) is 0 Å². The molecular weight excluding hydrogens is 466 g/mol. The Morgan fingerprint density at radius 3 is 2.64 bits per heavy atom. The number of ether oxygens (including phenoxy) is 2. The van der Waals surface area contributed by atoms with Crippen molar-refractivity contribution in [3.05, 3.63) is 39.6 Å². The van der Waals surface area contributed by atoms with Crippen LogP contribution in [0.25, 0.3) is 18.2 Å². The van der Waals surface area contributed by atoms with Gasteiger partial charge in [-0.05, 0) is 58.4 Å². The van der Waals surface area contributed by atoms with E-state index in [-0.39, 0.29) is 37.4 Å². The lowest BCUT2D eigenvalue weighted by Crippen LogP contribution is -2.34. The Bertz CT molecular complexity index is 1170. The molecule has 1 aromatic heterocycles. The SMILES string of the molecule is C=c1c2c(cn1CC1CC=C(C(=O)OC(C)(C)C)C1)C(C)=C(C(=O)NCCOCC(F)(F)CC)CC=2. The van der Waals surface area contributed by atoms with Crippen LogP contribution in [0, 0.1) is 5.92 Å². The van der Waals surface area contributed by atoms with Crippen molar-refractivity contribution in [2.45, 2.75) is 78.4 Å². The third-order valence-corrected chi connectivity index (χ3v) is 6.56. The minimum absolute atomic E-state index is 0.0305. The van der Waals surface area contributed by atoms with E-state index in [4.69, 9.17) is 9.47 Å². The smallest absolute Gasteiger partial charge is 0.334 e. The molecule has 0 radical (unpaired) electrons. The lowest BCUT2D eigenvalue weighted by Gasteiger charge is -2.20. The van der Waals surface area contributed by atoms with Crippen LogP contribution in [0.15, 0.2) is 23.4 Å². The van der Waals surface area contributed by atoms with Gasteiger partial charge in [-0.15, -0.1) is 0 Å². The predicted octanol–water partition coefficient (Wildman–Crippen LogP) is 3.71. The van der Waals surface area contributed by atoms with Gasteiger partial charge in [-0.3, -0.25) is 4.79 Å². The lowest BCUT2D eigenvalue weighted by molar-refractivity contribution is -0.150. The van der Waals surface area contributed by atoms with Gasteiger partial charge in [0.25, 0.3) is 5.92 Å². The minimum Gasteiger partial charge on any atom is -0.457 e. The van der Waals surface area contributed by atoms with Crippen LogP contribution in [0.2, 0.25) is 0 Å². The first-order valence-electron chi connectivity index (χ1n) is 12.6. The molecule has 3 rings (SSSR count). The summed E-state index contributed by atoms with van der Waals surface area (Å²) in [7, 11) is 0. The van der Waals surface area contributed by atoms with Crippen molar-refractivity contribution in [2.24, 2.45) is 5.92 Å². The van der Waals surface area contributed by atoms with Gasteiger partial charge in [0.2, 0.25) is 5.91 Å². The molecule has 1 atom stereocenters. The summed E-state index contributed by atoms with van der Waals surface area (Å²) >= 11 is 0. The highest BCUT2D eigenvalue weighted by atomic mass is 19.3. The Morgan fingerprint density at radius 1 is 1.25 bits per heavy atom. The van der Waals surface area contributed by atoms with Crippen molar-refractivity contribution in [3.8, 4) is 0 Å². The van der Waals surface area contributed by atoms with E-state index < -0.39 is 18.1 Å². The monoisotopic (exact) mass is 504 g/mol. The maximum Gasteiger partial charge on any atom is 0.334 e. The van der Waals surface area contributed by atoms with Gasteiger partial charge >= 0.3 is 5.97 Å². The first kappa shape index (κ1) is 27.8. The predicted molar refractivity (Wildman–Crippen MR) is 137 cm³/mol. The van der Waals surface area contributed by atoms with Crippen LogP contribution >= 0.6 is 0 Å².